The van der Waals surface area contributed by atoms with Crippen molar-refractivity contribution >= 4 is 23.2 Å². The van der Waals surface area contributed by atoms with E-state index in [0.29, 0.717) is 18.9 Å². The van der Waals surface area contributed by atoms with Gasteiger partial charge in [0, 0.05) is 37.4 Å². The molecule has 3 rings (SSSR count). The lowest BCUT2D eigenvalue weighted by molar-refractivity contribution is -0.119. The molecule has 1 unspecified atom stereocenters. The summed E-state index contributed by atoms with van der Waals surface area (Å²) in [7, 11) is 0. The van der Waals surface area contributed by atoms with Gasteiger partial charge < -0.3 is 20.4 Å². The van der Waals surface area contributed by atoms with Crippen LogP contribution in [0.4, 0.5) is 0 Å². The average molecular weight is 375 g/mol. The van der Waals surface area contributed by atoms with Crippen LogP contribution in [0.2, 0.25) is 0 Å². The number of nitrogens with one attached hydrogen (secondary N) is 1. The number of hydrogen-bond donors (Lipinski definition) is 2. The van der Waals surface area contributed by atoms with Crippen molar-refractivity contribution in [1.29, 1.82) is 0 Å². The molecule has 0 aromatic carbocycles. The monoisotopic (exact) mass is 374 g/mol. The summed E-state index contributed by atoms with van der Waals surface area (Å²) in [6.45, 7) is 3.19. The highest BCUT2D eigenvalue weighted by atomic mass is 32.1. The smallest absolute Gasteiger partial charge is 0.217 e. The van der Waals surface area contributed by atoms with E-state index in [1.165, 1.54) is 4.88 Å². The summed E-state index contributed by atoms with van der Waals surface area (Å²) in [5.41, 5.74) is 5.39. The van der Waals surface area contributed by atoms with Gasteiger partial charge in [0.2, 0.25) is 5.91 Å². The van der Waals surface area contributed by atoms with E-state index >= 15 is 0 Å². The Bertz CT molecular complexity index is 697. The van der Waals surface area contributed by atoms with Gasteiger partial charge in [-0.15, -0.1) is 11.3 Å². The SMILES string of the molecule is NC(=O)CC1CCCN(C(=NCc2cccs2)NCCc2ccco2)C1. The fourth-order valence-corrected chi connectivity index (χ4v) is 3.91. The quantitative estimate of drug-likeness (QED) is 0.576. The van der Waals surface area contributed by atoms with Crippen molar-refractivity contribution in [1.82, 2.24) is 10.2 Å². The van der Waals surface area contributed by atoms with Crippen molar-refractivity contribution < 1.29 is 9.21 Å². The van der Waals surface area contributed by atoms with Crippen LogP contribution in [0.25, 0.3) is 0 Å². The van der Waals surface area contributed by atoms with Crippen LogP contribution in [-0.4, -0.2) is 36.4 Å². The fraction of sp³-hybridized carbons (Fsp3) is 0.474. The van der Waals surface area contributed by atoms with Gasteiger partial charge in [0.1, 0.15) is 5.76 Å². The molecule has 0 radical (unpaired) electrons. The zero-order valence-corrected chi connectivity index (χ0v) is 15.7. The van der Waals surface area contributed by atoms with Crippen LogP contribution in [0.15, 0.2) is 45.3 Å². The number of guanidine groups is 1. The summed E-state index contributed by atoms with van der Waals surface area (Å²) in [5.74, 6) is 1.94. The molecule has 1 saturated heterocycles. The third-order valence-corrected chi connectivity index (χ3v) is 5.37. The van der Waals surface area contributed by atoms with E-state index in [9.17, 15) is 4.79 Å². The molecule has 3 N–H and O–H groups in total. The van der Waals surface area contributed by atoms with Gasteiger partial charge in [-0.2, -0.15) is 0 Å². The van der Waals surface area contributed by atoms with Crippen LogP contribution < -0.4 is 11.1 Å². The minimum absolute atomic E-state index is 0.222. The molecule has 2 aromatic rings. The van der Waals surface area contributed by atoms with Gasteiger partial charge in [-0.05, 0) is 42.3 Å². The minimum atomic E-state index is -0.222. The van der Waals surface area contributed by atoms with Crippen LogP contribution in [-0.2, 0) is 17.8 Å². The van der Waals surface area contributed by atoms with Gasteiger partial charge in [-0.3, -0.25) is 4.79 Å². The second-order valence-corrected chi connectivity index (χ2v) is 7.63. The van der Waals surface area contributed by atoms with E-state index in [1.807, 2.05) is 18.2 Å². The maximum atomic E-state index is 11.3. The van der Waals surface area contributed by atoms with Gasteiger partial charge >= 0.3 is 0 Å². The van der Waals surface area contributed by atoms with E-state index < -0.39 is 0 Å². The number of nitrogens with zero attached hydrogens (tertiary/aromatic N) is 2. The van der Waals surface area contributed by atoms with Gasteiger partial charge in [0.25, 0.3) is 0 Å². The summed E-state index contributed by atoms with van der Waals surface area (Å²) < 4.78 is 5.40. The normalized spacial score (nSPS) is 18.1. The molecule has 3 heterocycles. The second-order valence-electron chi connectivity index (χ2n) is 6.60. The molecular formula is C19H26N4O2S. The van der Waals surface area contributed by atoms with Gasteiger partial charge in [0.05, 0.1) is 12.8 Å². The highest BCUT2D eigenvalue weighted by molar-refractivity contribution is 7.09. The number of piperidine rings is 1. The van der Waals surface area contributed by atoms with Crippen LogP contribution in [0, 0.1) is 5.92 Å². The summed E-state index contributed by atoms with van der Waals surface area (Å²) >= 11 is 1.71. The molecule has 6 nitrogen and oxygen atoms in total. The fourth-order valence-electron chi connectivity index (χ4n) is 3.28. The summed E-state index contributed by atoms with van der Waals surface area (Å²) in [5, 5.41) is 5.54. The maximum Gasteiger partial charge on any atom is 0.217 e. The Morgan fingerprint density at radius 1 is 1.42 bits per heavy atom. The van der Waals surface area contributed by atoms with Crippen molar-refractivity contribution in [3.05, 3.63) is 46.5 Å². The highest BCUT2D eigenvalue weighted by Crippen LogP contribution is 2.20. The van der Waals surface area contributed by atoms with Gasteiger partial charge in [-0.1, -0.05) is 6.07 Å². The first-order valence-electron chi connectivity index (χ1n) is 9.07. The number of amides is 1. The number of carbonyl (C=O) groups is 1. The molecule has 0 spiro atoms. The number of likely N-dealkylation sites (tertiary alicyclic amines) is 1. The zero-order valence-electron chi connectivity index (χ0n) is 14.9. The van der Waals surface area contributed by atoms with Crippen molar-refractivity contribution in [3.63, 3.8) is 0 Å². The number of primary amides is 1. The summed E-state index contributed by atoms with van der Waals surface area (Å²) in [6, 6.07) is 8.03. The maximum absolute atomic E-state index is 11.3. The number of hydrogen-bond acceptors (Lipinski definition) is 4. The number of aliphatic imine (C=N–C) groups is 1. The van der Waals surface area contributed by atoms with E-state index in [4.69, 9.17) is 15.1 Å². The Balaban J connectivity index is 1.62. The molecule has 0 aliphatic carbocycles. The van der Waals surface area contributed by atoms with Gasteiger partial charge in [0.15, 0.2) is 5.96 Å². The third-order valence-electron chi connectivity index (χ3n) is 4.51. The zero-order chi connectivity index (χ0) is 18.2. The third kappa shape index (κ3) is 5.62. The molecule has 2 aromatic heterocycles. The molecule has 1 amide bonds. The Morgan fingerprint density at radius 3 is 3.08 bits per heavy atom. The standard InChI is InChI=1S/C19H26N4O2S/c20-18(24)12-15-4-1-9-23(14-15)19(22-13-17-6-3-11-26-17)21-8-7-16-5-2-10-25-16/h2-3,5-6,10-11,15H,1,4,7-9,12-14H2,(H2,20,24)(H,21,22). The van der Waals surface area contributed by atoms with E-state index in [0.717, 1.165) is 50.6 Å². The summed E-state index contributed by atoms with van der Waals surface area (Å²) in [4.78, 5) is 19.6. The van der Waals surface area contributed by atoms with Crippen molar-refractivity contribution in [2.75, 3.05) is 19.6 Å². The first-order valence-corrected chi connectivity index (χ1v) is 9.95. The lowest BCUT2D eigenvalue weighted by Gasteiger charge is -2.34. The molecular weight excluding hydrogens is 348 g/mol. The van der Waals surface area contributed by atoms with E-state index in [2.05, 4.69) is 21.7 Å². The van der Waals surface area contributed by atoms with Crippen LogP contribution in [0.5, 0.6) is 0 Å². The molecule has 0 bridgehead atoms. The molecule has 1 fully saturated rings. The average Bonchev–Trinajstić information content (AvgIpc) is 3.31. The molecule has 1 aliphatic heterocycles. The van der Waals surface area contributed by atoms with Crippen molar-refractivity contribution in [2.45, 2.75) is 32.2 Å². The Kier molecular flexibility index (Phi) is 6.71. The second kappa shape index (κ2) is 9.43. The number of furan rings is 1. The lowest BCUT2D eigenvalue weighted by Crippen LogP contribution is -2.47. The highest BCUT2D eigenvalue weighted by Gasteiger charge is 2.23. The van der Waals surface area contributed by atoms with E-state index in [-0.39, 0.29) is 5.91 Å². The molecule has 7 heteroatoms. The molecule has 1 aliphatic rings. The minimum Gasteiger partial charge on any atom is -0.469 e. The van der Waals surface area contributed by atoms with Crippen LogP contribution in [0.3, 0.4) is 0 Å². The van der Waals surface area contributed by atoms with E-state index in [1.54, 1.807) is 17.6 Å². The number of carbonyl (C=O) groups excluding carboxylic acids is 1. The largest absolute Gasteiger partial charge is 0.469 e. The Hall–Kier alpha value is -2.28. The van der Waals surface area contributed by atoms with Crippen LogP contribution >= 0.6 is 11.3 Å². The number of thiophene rings is 1. The number of rotatable bonds is 7. The molecule has 0 saturated carbocycles. The first-order chi connectivity index (χ1) is 12.7. The Labute approximate surface area is 158 Å². The van der Waals surface area contributed by atoms with Crippen molar-refractivity contribution in [3.8, 4) is 0 Å². The molecule has 26 heavy (non-hydrogen) atoms. The molecule has 140 valence electrons. The predicted octanol–water partition coefficient (Wildman–Crippen LogP) is 2.62. The lowest BCUT2D eigenvalue weighted by atomic mass is 9.95. The summed E-state index contributed by atoms with van der Waals surface area (Å²) in [6.07, 6.45) is 5.05. The number of nitrogens with two attached hydrogens (primary N) is 1. The first kappa shape index (κ1) is 18.5. The van der Waals surface area contributed by atoms with Crippen molar-refractivity contribution in [2.24, 2.45) is 16.6 Å². The van der Waals surface area contributed by atoms with Crippen LogP contribution in [0.1, 0.15) is 29.9 Å². The topological polar surface area (TPSA) is 83.9 Å². The Morgan fingerprint density at radius 2 is 2.35 bits per heavy atom. The predicted molar refractivity (Wildman–Crippen MR) is 104 cm³/mol. The molecule has 1 atom stereocenters. The van der Waals surface area contributed by atoms with Gasteiger partial charge in [-0.25, -0.2) is 4.99 Å².